The van der Waals surface area contributed by atoms with Crippen molar-refractivity contribution in [1.82, 2.24) is 4.57 Å². The molecule has 1 aromatic heterocycles. The van der Waals surface area contributed by atoms with Crippen molar-refractivity contribution in [2.45, 2.75) is 90.4 Å². The van der Waals surface area contributed by atoms with Crippen molar-refractivity contribution in [3.05, 3.63) is 53.9 Å². The number of para-hydroxylation sites is 1. The Hall–Kier alpha value is -2.03. The first-order valence-electron chi connectivity index (χ1n) is 11.6. The molecule has 0 fully saturated rings. The summed E-state index contributed by atoms with van der Waals surface area (Å²) in [6.45, 7) is 2.27. The maximum Gasteiger partial charge on any atom is 0.305 e. The van der Waals surface area contributed by atoms with Crippen LogP contribution in [-0.4, -0.2) is 17.6 Å². The number of carbonyl (C=O) groups is 1. The predicted octanol–water partition coefficient (Wildman–Crippen LogP) is 7.05. The molecule has 0 aliphatic heterocycles. The lowest BCUT2D eigenvalue weighted by molar-refractivity contribution is -0.140. The molecule has 3 nitrogen and oxygen atoms in total. The van der Waals surface area contributed by atoms with Crippen molar-refractivity contribution in [1.29, 1.82) is 0 Å². The van der Waals surface area contributed by atoms with E-state index in [0.29, 0.717) is 6.42 Å². The number of ether oxygens (including phenoxy) is 1. The van der Waals surface area contributed by atoms with Crippen molar-refractivity contribution in [3.63, 3.8) is 0 Å². The van der Waals surface area contributed by atoms with Gasteiger partial charge in [-0.2, -0.15) is 0 Å². The molecule has 160 valence electrons. The zero-order valence-electron chi connectivity index (χ0n) is 18.5. The Labute approximate surface area is 177 Å². The van der Waals surface area contributed by atoms with Gasteiger partial charge in [0.05, 0.1) is 7.11 Å². The molecule has 29 heavy (non-hydrogen) atoms. The molecular weight excluding hydrogens is 358 g/mol. The van der Waals surface area contributed by atoms with Gasteiger partial charge in [-0.1, -0.05) is 70.1 Å². The number of hydrogen-bond donors (Lipinski definition) is 0. The number of nitrogens with zero attached hydrogens (tertiary/aromatic N) is 1. The lowest BCUT2D eigenvalue weighted by atomic mass is 10.1. The van der Waals surface area contributed by atoms with Crippen molar-refractivity contribution >= 4 is 5.97 Å². The molecule has 0 amide bonds. The van der Waals surface area contributed by atoms with Gasteiger partial charge in [-0.25, -0.2) is 0 Å². The van der Waals surface area contributed by atoms with E-state index in [1.807, 2.05) is 0 Å². The molecule has 2 rings (SSSR count). The van der Waals surface area contributed by atoms with Gasteiger partial charge in [0, 0.05) is 24.0 Å². The quantitative estimate of drug-likeness (QED) is 0.238. The van der Waals surface area contributed by atoms with Gasteiger partial charge in [-0.15, -0.1) is 0 Å². The average molecular weight is 398 g/mol. The van der Waals surface area contributed by atoms with Crippen LogP contribution in [0.3, 0.4) is 0 Å². The van der Waals surface area contributed by atoms with Crippen LogP contribution in [0.4, 0.5) is 0 Å². The largest absolute Gasteiger partial charge is 0.469 e. The van der Waals surface area contributed by atoms with E-state index < -0.39 is 0 Å². The SMILES string of the molecule is CCCCCCc1cc(CCCCCCCCC(=O)OC)n(-c2ccccc2)c1. The second kappa shape index (κ2) is 14.0. The van der Waals surface area contributed by atoms with Gasteiger partial charge in [0.2, 0.25) is 0 Å². The number of aryl methyl sites for hydroxylation is 2. The summed E-state index contributed by atoms with van der Waals surface area (Å²) in [6.07, 6.45) is 17.5. The second-order valence-electron chi connectivity index (χ2n) is 8.05. The van der Waals surface area contributed by atoms with Gasteiger partial charge in [0.25, 0.3) is 0 Å². The summed E-state index contributed by atoms with van der Waals surface area (Å²) < 4.78 is 7.08. The summed E-state index contributed by atoms with van der Waals surface area (Å²) in [5.74, 6) is -0.0860. The lowest BCUT2D eigenvalue weighted by Gasteiger charge is -2.09. The monoisotopic (exact) mass is 397 g/mol. The Morgan fingerprint density at radius 1 is 0.862 bits per heavy atom. The molecule has 0 radical (unpaired) electrons. The lowest BCUT2D eigenvalue weighted by Crippen LogP contribution is -1.99. The number of carbonyl (C=O) groups excluding carboxylic acids is 1. The molecule has 0 spiro atoms. The molecule has 0 saturated carbocycles. The maximum atomic E-state index is 11.1. The topological polar surface area (TPSA) is 31.2 Å². The number of esters is 1. The Bertz CT molecular complexity index is 690. The minimum Gasteiger partial charge on any atom is -0.469 e. The van der Waals surface area contributed by atoms with Gasteiger partial charge in [0.1, 0.15) is 0 Å². The number of hydrogen-bond acceptors (Lipinski definition) is 2. The van der Waals surface area contributed by atoms with Gasteiger partial charge >= 0.3 is 5.97 Å². The third kappa shape index (κ3) is 8.89. The highest BCUT2D eigenvalue weighted by Crippen LogP contribution is 2.20. The van der Waals surface area contributed by atoms with E-state index in [1.165, 1.54) is 81.8 Å². The number of methoxy groups -OCH3 is 1. The third-order valence-corrected chi connectivity index (χ3v) is 5.60. The van der Waals surface area contributed by atoms with E-state index >= 15 is 0 Å². The smallest absolute Gasteiger partial charge is 0.305 e. The van der Waals surface area contributed by atoms with E-state index in [0.717, 1.165) is 19.3 Å². The van der Waals surface area contributed by atoms with Crippen LogP contribution in [0, 0.1) is 0 Å². The fourth-order valence-electron chi connectivity index (χ4n) is 3.87. The summed E-state index contributed by atoms with van der Waals surface area (Å²) in [5, 5.41) is 0. The van der Waals surface area contributed by atoms with Gasteiger partial charge < -0.3 is 9.30 Å². The standard InChI is InChI=1S/C26H39NO2/c1-3-4-5-11-16-23-21-25(27(22-23)24-17-13-10-14-18-24)19-12-8-6-7-9-15-20-26(28)29-2/h10,13-14,17-18,21-22H,3-9,11-12,15-16,19-20H2,1-2H3. The molecule has 0 N–H and O–H groups in total. The summed E-state index contributed by atoms with van der Waals surface area (Å²) in [7, 11) is 1.46. The Morgan fingerprint density at radius 3 is 2.24 bits per heavy atom. The fourth-order valence-corrected chi connectivity index (χ4v) is 3.87. The first kappa shape index (κ1) is 23.3. The van der Waals surface area contributed by atoms with Crippen LogP contribution in [0.1, 0.15) is 88.8 Å². The highest BCUT2D eigenvalue weighted by molar-refractivity contribution is 5.68. The highest BCUT2D eigenvalue weighted by atomic mass is 16.5. The summed E-state index contributed by atoms with van der Waals surface area (Å²) in [4.78, 5) is 11.1. The molecular formula is C26H39NO2. The first-order chi connectivity index (χ1) is 14.2. The molecule has 0 saturated heterocycles. The van der Waals surface area contributed by atoms with Gasteiger partial charge in [-0.3, -0.25) is 4.79 Å². The minimum atomic E-state index is -0.0860. The average Bonchev–Trinajstić information content (AvgIpc) is 3.16. The van der Waals surface area contributed by atoms with Crippen LogP contribution in [0.2, 0.25) is 0 Å². The zero-order valence-corrected chi connectivity index (χ0v) is 18.5. The Kier molecular flexibility index (Phi) is 11.3. The summed E-state index contributed by atoms with van der Waals surface area (Å²) in [6, 6.07) is 13.1. The molecule has 3 heteroatoms. The van der Waals surface area contributed by atoms with Crippen molar-refractivity contribution in [2.75, 3.05) is 7.11 Å². The predicted molar refractivity (Wildman–Crippen MR) is 122 cm³/mol. The molecule has 0 aliphatic rings. The zero-order chi connectivity index (χ0) is 20.7. The highest BCUT2D eigenvalue weighted by Gasteiger charge is 2.08. The molecule has 0 aliphatic carbocycles. The Morgan fingerprint density at radius 2 is 1.52 bits per heavy atom. The molecule has 0 unspecified atom stereocenters. The van der Waals surface area contributed by atoms with Crippen molar-refractivity contribution < 1.29 is 9.53 Å². The van der Waals surface area contributed by atoms with E-state index in [9.17, 15) is 4.79 Å². The van der Waals surface area contributed by atoms with Gasteiger partial charge in [0.15, 0.2) is 0 Å². The van der Waals surface area contributed by atoms with E-state index in [2.05, 4.69) is 58.8 Å². The number of rotatable bonds is 15. The van der Waals surface area contributed by atoms with Crippen LogP contribution in [0.25, 0.3) is 5.69 Å². The van der Waals surface area contributed by atoms with Crippen molar-refractivity contribution in [2.24, 2.45) is 0 Å². The third-order valence-electron chi connectivity index (χ3n) is 5.60. The minimum absolute atomic E-state index is 0.0860. The van der Waals surface area contributed by atoms with E-state index in [-0.39, 0.29) is 5.97 Å². The normalized spacial score (nSPS) is 11.0. The van der Waals surface area contributed by atoms with E-state index in [4.69, 9.17) is 0 Å². The number of benzene rings is 1. The van der Waals surface area contributed by atoms with Gasteiger partial charge in [-0.05, 0) is 55.9 Å². The van der Waals surface area contributed by atoms with Crippen LogP contribution < -0.4 is 0 Å². The molecule has 0 bridgehead atoms. The first-order valence-corrected chi connectivity index (χ1v) is 11.6. The second-order valence-corrected chi connectivity index (χ2v) is 8.05. The van der Waals surface area contributed by atoms with Crippen LogP contribution in [0.15, 0.2) is 42.6 Å². The Balaban J connectivity index is 1.80. The molecule has 1 aromatic carbocycles. The molecule has 2 aromatic rings. The van der Waals surface area contributed by atoms with Crippen LogP contribution in [0.5, 0.6) is 0 Å². The van der Waals surface area contributed by atoms with E-state index in [1.54, 1.807) is 0 Å². The fraction of sp³-hybridized carbons (Fsp3) is 0.577. The van der Waals surface area contributed by atoms with Crippen LogP contribution in [-0.2, 0) is 22.4 Å². The van der Waals surface area contributed by atoms with Crippen molar-refractivity contribution in [3.8, 4) is 5.69 Å². The summed E-state index contributed by atoms with van der Waals surface area (Å²) in [5.41, 5.74) is 4.18. The van der Waals surface area contributed by atoms with Crippen LogP contribution >= 0.6 is 0 Å². The molecule has 0 atom stereocenters. The number of aromatic nitrogens is 1. The number of unbranched alkanes of at least 4 members (excludes halogenated alkanes) is 8. The molecule has 1 heterocycles. The summed E-state index contributed by atoms with van der Waals surface area (Å²) >= 11 is 0. The maximum absolute atomic E-state index is 11.1.